The minimum Gasteiger partial charge on any atom is -0.478 e. The van der Waals surface area contributed by atoms with Gasteiger partial charge in [-0.05, 0) is 44.0 Å². The summed E-state index contributed by atoms with van der Waals surface area (Å²) in [5.41, 5.74) is 9.32. The van der Waals surface area contributed by atoms with Crippen molar-refractivity contribution in [3.8, 4) is 11.1 Å². The van der Waals surface area contributed by atoms with Gasteiger partial charge < -0.3 is 25.5 Å². The van der Waals surface area contributed by atoms with Crippen LogP contribution in [0.15, 0.2) is 37.2 Å². The lowest BCUT2D eigenvalue weighted by atomic mass is 9.97. The number of aromatic carboxylic acids is 1. The molecule has 0 saturated carbocycles. The first-order chi connectivity index (χ1) is 14.6. The van der Waals surface area contributed by atoms with Gasteiger partial charge in [0.2, 0.25) is 0 Å². The highest BCUT2D eigenvalue weighted by Crippen LogP contribution is 2.43. The molecule has 9 nitrogen and oxygen atoms in total. The number of carbonyl (C=O) groups is 2. The molecule has 4 rings (SSSR count). The lowest BCUT2D eigenvalue weighted by Gasteiger charge is -2.22. The number of alkyl carbamates (subject to hydrolysis) is 1. The summed E-state index contributed by atoms with van der Waals surface area (Å²) in [5, 5.41) is 12.7. The summed E-state index contributed by atoms with van der Waals surface area (Å²) in [4.78, 5) is 32.1. The van der Waals surface area contributed by atoms with Crippen molar-refractivity contribution in [1.29, 1.82) is 0 Å². The number of carboxylic acids is 1. The summed E-state index contributed by atoms with van der Waals surface area (Å²) in [5.74, 6) is -0.693. The number of nitrogens with zero attached hydrogens (tertiary/aromatic N) is 3. The van der Waals surface area contributed by atoms with E-state index in [9.17, 15) is 14.7 Å². The number of hydrogen-bond donors (Lipinski definition) is 3. The van der Waals surface area contributed by atoms with Gasteiger partial charge in [-0.1, -0.05) is 18.7 Å². The number of benzene rings is 1. The van der Waals surface area contributed by atoms with Gasteiger partial charge in [0.25, 0.3) is 0 Å². The Kier molecular flexibility index (Phi) is 4.68. The zero-order chi connectivity index (χ0) is 22.5. The molecule has 31 heavy (non-hydrogen) atoms. The number of nitrogens with two attached hydrogens (primary N) is 1. The van der Waals surface area contributed by atoms with Crippen molar-refractivity contribution < 1.29 is 19.4 Å². The first-order valence-electron chi connectivity index (χ1n) is 9.72. The quantitative estimate of drug-likeness (QED) is 0.591. The standard InChI is InChI=1S/C22H23N5O4/c1-11-14(26-21(30)31-22(2,3)4)9-27-17(11)15(16-18(23)24-10-25-19(16)27)12-5-7-13(8-6-12)20(28)29/h5-8,10,14H,1,9H2,2-4H3,(H,26,30)(H,28,29)(H2,23,24,25). The van der Waals surface area contributed by atoms with E-state index < -0.39 is 17.7 Å². The molecule has 1 unspecified atom stereocenters. The van der Waals surface area contributed by atoms with Crippen LogP contribution in [0.2, 0.25) is 0 Å². The zero-order valence-corrected chi connectivity index (χ0v) is 17.5. The van der Waals surface area contributed by atoms with Crippen LogP contribution in [0.25, 0.3) is 27.7 Å². The van der Waals surface area contributed by atoms with Crippen LogP contribution >= 0.6 is 0 Å². The van der Waals surface area contributed by atoms with E-state index in [-0.39, 0.29) is 11.6 Å². The normalized spacial score (nSPS) is 15.7. The maximum atomic E-state index is 12.3. The van der Waals surface area contributed by atoms with Gasteiger partial charge >= 0.3 is 12.1 Å². The van der Waals surface area contributed by atoms with Crippen molar-refractivity contribution in [3.63, 3.8) is 0 Å². The van der Waals surface area contributed by atoms with Crippen LogP contribution in [-0.4, -0.2) is 43.3 Å². The molecule has 2 aromatic heterocycles. The van der Waals surface area contributed by atoms with Crippen molar-refractivity contribution in [3.05, 3.63) is 48.4 Å². The molecule has 3 aromatic rings. The van der Waals surface area contributed by atoms with Gasteiger partial charge in [-0.2, -0.15) is 0 Å². The van der Waals surface area contributed by atoms with E-state index in [1.807, 2.05) is 4.57 Å². The number of rotatable bonds is 3. The monoisotopic (exact) mass is 421 g/mol. The van der Waals surface area contributed by atoms with Crippen LogP contribution in [0.5, 0.6) is 0 Å². The summed E-state index contributed by atoms with van der Waals surface area (Å²) < 4.78 is 7.32. The first kappa shape index (κ1) is 20.4. The summed E-state index contributed by atoms with van der Waals surface area (Å²) in [6.07, 6.45) is 0.856. The second-order valence-electron chi connectivity index (χ2n) is 8.40. The molecular weight excluding hydrogens is 398 g/mol. The fraction of sp³-hybridized carbons (Fsp3) is 0.273. The third kappa shape index (κ3) is 3.58. The molecule has 0 saturated heterocycles. The zero-order valence-electron chi connectivity index (χ0n) is 17.5. The SMILES string of the molecule is C=C1c2c(-c3ccc(C(=O)O)cc3)c3c(N)ncnc3n2CC1NC(=O)OC(C)(C)C. The number of carbonyl (C=O) groups excluding carboxylic acids is 1. The van der Waals surface area contributed by atoms with Crippen molar-refractivity contribution >= 4 is 34.5 Å². The molecular formula is C22H23N5O4. The Hall–Kier alpha value is -3.88. The van der Waals surface area contributed by atoms with E-state index in [4.69, 9.17) is 10.5 Å². The van der Waals surface area contributed by atoms with Crippen LogP contribution < -0.4 is 11.1 Å². The number of amides is 1. The molecule has 0 aliphatic carbocycles. The largest absolute Gasteiger partial charge is 0.478 e. The summed E-state index contributed by atoms with van der Waals surface area (Å²) in [6, 6.07) is 6.10. The molecule has 160 valence electrons. The molecule has 0 spiro atoms. The van der Waals surface area contributed by atoms with E-state index in [0.717, 1.165) is 16.8 Å². The highest BCUT2D eigenvalue weighted by atomic mass is 16.6. The highest BCUT2D eigenvalue weighted by molar-refractivity contribution is 6.07. The molecule has 0 radical (unpaired) electrons. The van der Waals surface area contributed by atoms with E-state index in [1.165, 1.54) is 18.5 Å². The summed E-state index contributed by atoms with van der Waals surface area (Å²) >= 11 is 0. The maximum Gasteiger partial charge on any atom is 0.408 e. The molecule has 1 aliphatic heterocycles. The van der Waals surface area contributed by atoms with Crippen LogP contribution in [0.4, 0.5) is 10.6 Å². The van der Waals surface area contributed by atoms with Gasteiger partial charge in [-0.15, -0.1) is 0 Å². The summed E-state index contributed by atoms with van der Waals surface area (Å²) in [7, 11) is 0. The number of carboxylic acid groups (broad SMARTS) is 1. The minimum atomic E-state index is -1.01. The number of nitrogens with one attached hydrogen (secondary N) is 1. The lowest BCUT2D eigenvalue weighted by Crippen LogP contribution is -2.39. The average Bonchev–Trinajstić information content (AvgIpc) is 3.16. The third-order valence-electron chi connectivity index (χ3n) is 5.07. The molecule has 4 N–H and O–H groups in total. The molecule has 0 fully saturated rings. The highest BCUT2D eigenvalue weighted by Gasteiger charge is 2.35. The molecule has 1 aliphatic rings. The van der Waals surface area contributed by atoms with Gasteiger partial charge in [0, 0.05) is 12.1 Å². The van der Waals surface area contributed by atoms with Crippen LogP contribution in [-0.2, 0) is 11.3 Å². The molecule has 0 bridgehead atoms. The predicted octanol–water partition coefficient (Wildman–Crippen LogP) is 3.30. The second-order valence-corrected chi connectivity index (χ2v) is 8.40. The first-order valence-corrected chi connectivity index (χ1v) is 9.72. The lowest BCUT2D eigenvalue weighted by molar-refractivity contribution is 0.0514. The minimum absolute atomic E-state index is 0.177. The van der Waals surface area contributed by atoms with Crippen molar-refractivity contribution in [1.82, 2.24) is 19.9 Å². The van der Waals surface area contributed by atoms with Crippen molar-refractivity contribution in [2.75, 3.05) is 5.73 Å². The van der Waals surface area contributed by atoms with Gasteiger partial charge in [-0.25, -0.2) is 19.6 Å². The van der Waals surface area contributed by atoms with E-state index in [2.05, 4.69) is 21.9 Å². The molecule has 9 heteroatoms. The van der Waals surface area contributed by atoms with Gasteiger partial charge in [0.05, 0.1) is 22.7 Å². The average molecular weight is 421 g/mol. The van der Waals surface area contributed by atoms with Gasteiger partial charge in [-0.3, -0.25) is 0 Å². The van der Waals surface area contributed by atoms with Gasteiger partial charge in [0.15, 0.2) is 0 Å². The second kappa shape index (κ2) is 7.12. The third-order valence-corrected chi connectivity index (χ3v) is 5.07. The number of hydrogen-bond acceptors (Lipinski definition) is 6. The Labute approximate surface area is 178 Å². The fourth-order valence-electron chi connectivity index (χ4n) is 3.81. The van der Waals surface area contributed by atoms with E-state index in [0.29, 0.717) is 29.0 Å². The molecule has 1 aromatic carbocycles. The molecule has 3 heterocycles. The Morgan fingerprint density at radius 1 is 1.26 bits per heavy atom. The Bertz CT molecular complexity index is 1220. The number of fused-ring (bicyclic) bond motifs is 3. The van der Waals surface area contributed by atoms with Crippen LogP contribution in [0, 0.1) is 0 Å². The number of nitrogen functional groups attached to an aromatic ring is 1. The number of ether oxygens (including phenoxy) is 1. The van der Waals surface area contributed by atoms with Crippen LogP contribution in [0.3, 0.4) is 0 Å². The fourth-order valence-corrected chi connectivity index (χ4v) is 3.81. The number of aromatic nitrogens is 3. The predicted molar refractivity (Wildman–Crippen MR) is 117 cm³/mol. The van der Waals surface area contributed by atoms with Gasteiger partial charge in [0.1, 0.15) is 23.4 Å². The Morgan fingerprint density at radius 2 is 1.94 bits per heavy atom. The van der Waals surface area contributed by atoms with Crippen LogP contribution in [0.1, 0.15) is 36.8 Å². The topological polar surface area (TPSA) is 132 Å². The Balaban J connectivity index is 1.80. The Morgan fingerprint density at radius 3 is 2.55 bits per heavy atom. The summed E-state index contributed by atoms with van der Waals surface area (Å²) in [6.45, 7) is 10.0. The molecule has 1 atom stereocenters. The maximum absolute atomic E-state index is 12.3. The smallest absolute Gasteiger partial charge is 0.408 e. The number of anilines is 1. The molecule has 1 amide bonds. The van der Waals surface area contributed by atoms with E-state index in [1.54, 1.807) is 32.9 Å². The van der Waals surface area contributed by atoms with Crippen molar-refractivity contribution in [2.45, 2.75) is 39.0 Å². The van der Waals surface area contributed by atoms with E-state index >= 15 is 0 Å². The van der Waals surface area contributed by atoms with Crippen molar-refractivity contribution in [2.24, 2.45) is 0 Å².